The third-order valence-electron chi connectivity index (χ3n) is 4.46. The largest absolute Gasteiger partial charge is 0.455 e. The number of carbonyl (C=O) groups is 2. The molecule has 0 atom stereocenters. The van der Waals surface area contributed by atoms with E-state index in [-0.39, 0.29) is 18.2 Å². The smallest absolute Gasteiger partial charge is 0.374 e. The summed E-state index contributed by atoms with van der Waals surface area (Å²) in [4.78, 5) is 23.6. The molecule has 4 aromatic rings. The molecule has 0 N–H and O–H groups in total. The van der Waals surface area contributed by atoms with E-state index in [4.69, 9.17) is 9.15 Å². The minimum Gasteiger partial charge on any atom is -0.455 e. The maximum absolute atomic E-state index is 12.3. The number of Topliss-reactive ketones (excluding diaryl/α,β-unsaturated/α-hetero) is 1. The van der Waals surface area contributed by atoms with Crippen LogP contribution in [-0.2, 0) is 11.3 Å². The van der Waals surface area contributed by atoms with E-state index in [9.17, 15) is 9.59 Å². The van der Waals surface area contributed by atoms with E-state index in [1.807, 2.05) is 36.5 Å². The SMILES string of the molecule is CC(=O)c1ccc(-c2ccc(C(=O)OCc3ccc(-n4cccn4)cc3)o2)cc1. The molecule has 144 valence electrons. The van der Waals surface area contributed by atoms with Crippen LogP contribution in [0.1, 0.15) is 33.4 Å². The molecular weight excluding hydrogens is 368 g/mol. The highest BCUT2D eigenvalue weighted by Crippen LogP contribution is 2.23. The summed E-state index contributed by atoms with van der Waals surface area (Å²) >= 11 is 0. The van der Waals surface area contributed by atoms with Gasteiger partial charge >= 0.3 is 5.97 Å². The molecule has 2 aromatic carbocycles. The van der Waals surface area contributed by atoms with Gasteiger partial charge in [0.25, 0.3) is 0 Å². The lowest BCUT2D eigenvalue weighted by molar-refractivity contribution is 0.0437. The predicted octanol–water partition coefficient (Wildman–Crippen LogP) is 4.69. The number of nitrogens with zero attached hydrogens (tertiary/aromatic N) is 2. The molecular formula is C23H18N2O4. The molecule has 29 heavy (non-hydrogen) atoms. The number of rotatable bonds is 6. The summed E-state index contributed by atoms with van der Waals surface area (Å²) in [6.45, 7) is 1.66. The van der Waals surface area contributed by atoms with Crippen LogP contribution in [0.2, 0.25) is 0 Å². The first kappa shape index (κ1) is 18.4. The predicted molar refractivity (Wildman–Crippen MR) is 107 cm³/mol. The number of benzene rings is 2. The summed E-state index contributed by atoms with van der Waals surface area (Å²) in [7, 11) is 0. The van der Waals surface area contributed by atoms with E-state index in [1.54, 1.807) is 47.3 Å². The first-order valence-corrected chi connectivity index (χ1v) is 9.07. The van der Waals surface area contributed by atoms with Crippen molar-refractivity contribution in [2.45, 2.75) is 13.5 Å². The highest BCUT2D eigenvalue weighted by molar-refractivity contribution is 5.94. The molecule has 0 aliphatic rings. The second kappa shape index (κ2) is 7.98. The second-order valence-electron chi connectivity index (χ2n) is 6.49. The number of furan rings is 1. The van der Waals surface area contributed by atoms with Crippen molar-refractivity contribution in [2.75, 3.05) is 0 Å². The first-order valence-electron chi connectivity index (χ1n) is 9.07. The Labute approximate surface area is 167 Å². The summed E-state index contributed by atoms with van der Waals surface area (Å²) in [5.41, 5.74) is 3.19. The van der Waals surface area contributed by atoms with Gasteiger partial charge in [0.1, 0.15) is 12.4 Å². The Balaban J connectivity index is 1.38. The highest BCUT2D eigenvalue weighted by Gasteiger charge is 2.14. The zero-order valence-electron chi connectivity index (χ0n) is 15.7. The Bertz CT molecular complexity index is 1120. The van der Waals surface area contributed by atoms with Gasteiger partial charge in [0.15, 0.2) is 5.78 Å². The third kappa shape index (κ3) is 4.16. The summed E-state index contributed by atoms with van der Waals surface area (Å²) in [5, 5.41) is 4.17. The molecule has 2 heterocycles. The van der Waals surface area contributed by atoms with Crippen LogP contribution in [0.5, 0.6) is 0 Å². The first-order chi connectivity index (χ1) is 14.1. The minimum absolute atomic E-state index is 0.00193. The molecule has 0 saturated heterocycles. The highest BCUT2D eigenvalue weighted by atomic mass is 16.5. The van der Waals surface area contributed by atoms with E-state index in [0.29, 0.717) is 11.3 Å². The van der Waals surface area contributed by atoms with Crippen LogP contribution in [0.3, 0.4) is 0 Å². The van der Waals surface area contributed by atoms with Crippen LogP contribution >= 0.6 is 0 Å². The Morgan fingerprint density at radius 1 is 1.00 bits per heavy atom. The molecule has 0 unspecified atom stereocenters. The van der Waals surface area contributed by atoms with Crippen molar-refractivity contribution in [3.8, 4) is 17.0 Å². The molecule has 0 saturated carbocycles. The number of esters is 1. The van der Waals surface area contributed by atoms with E-state index < -0.39 is 5.97 Å². The van der Waals surface area contributed by atoms with Crippen LogP contribution in [-0.4, -0.2) is 21.5 Å². The lowest BCUT2D eigenvalue weighted by atomic mass is 10.1. The van der Waals surface area contributed by atoms with Crippen molar-refractivity contribution >= 4 is 11.8 Å². The fourth-order valence-electron chi connectivity index (χ4n) is 2.86. The van der Waals surface area contributed by atoms with Crippen LogP contribution in [0, 0.1) is 0 Å². The topological polar surface area (TPSA) is 74.3 Å². The number of ether oxygens (including phenoxy) is 1. The van der Waals surface area contributed by atoms with Gasteiger partial charge in [-0.2, -0.15) is 5.10 Å². The monoisotopic (exact) mass is 386 g/mol. The molecule has 0 aliphatic carbocycles. The Morgan fingerprint density at radius 2 is 1.76 bits per heavy atom. The molecule has 4 rings (SSSR count). The molecule has 0 amide bonds. The number of hydrogen-bond donors (Lipinski definition) is 0. The van der Waals surface area contributed by atoms with Gasteiger partial charge in [-0.25, -0.2) is 9.48 Å². The Hall–Kier alpha value is -3.93. The minimum atomic E-state index is -0.534. The molecule has 2 aromatic heterocycles. The molecule has 0 fully saturated rings. The van der Waals surface area contributed by atoms with Crippen molar-refractivity contribution < 1.29 is 18.7 Å². The number of aromatic nitrogens is 2. The van der Waals surface area contributed by atoms with E-state index >= 15 is 0 Å². The third-order valence-corrected chi connectivity index (χ3v) is 4.46. The average molecular weight is 386 g/mol. The zero-order valence-corrected chi connectivity index (χ0v) is 15.7. The number of hydrogen-bond acceptors (Lipinski definition) is 5. The zero-order chi connectivity index (χ0) is 20.2. The Morgan fingerprint density at radius 3 is 2.41 bits per heavy atom. The molecule has 6 nitrogen and oxygen atoms in total. The van der Waals surface area contributed by atoms with E-state index in [0.717, 1.165) is 16.8 Å². The van der Waals surface area contributed by atoms with Crippen LogP contribution in [0.15, 0.2) is 83.5 Å². The average Bonchev–Trinajstić information content (AvgIpc) is 3.45. The lowest BCUT2D eigenvalue weighted by Gasteiger charge is -2.05. The normalized spacial score (nSPS) is 10.7. The van der Waals surface area contributed by atoms with Gasteiger partial charge in [-0.1, -0.05) is 36.4 Å². The maximum Gasteiger partial charge on any atom is 0.374 e. The van der Waals surface area contributed by atoms with Gasteiger partial charge in [0, 0.05) is 23.5 Å². The van der Waals surface area contributed by atoms with Gasteiger partial charge < -0.3 is 9.15 Å². The van der Waals surface area contributed by atoms with Gasteiger partial charge in [-0.05, 0) is 42.8 Å². The molecule has 0 aliphatic heterocycles. The fourth-order valence-corrected chi connectivity index (χ4v) is 2.86. The van der Waals surface area contributed by atoms with E-state index in [2.05, 4.69) is 5.10 Å². The van der Waals surface area contributed by atoms with Crippen molar-refractivity contribution in [1.29, 1.82) is 0 Å². The number of ketones is 1. The summed E-state index contributed by atoms with van der Waals surface area (Å²) in [6.07, 6.45) is 3.57. The van der Waals surface area contributed by atoms with Gasteiger partial charge in [0.2, 0.25) is 5.76 Å². The van der Waals surface area contributed by atoms with Gasteiger partial charge in [-0.3, -0.25) is 4.79 Å². The van der Waals surface area contributed by atoms with Crippen molar-refractivity contribution in [3.63, 3.8) is 0 Å². The van der Waals surface area contributed by atoms with E-state index in [1.165, 1.54) is 6.92 Å². The molecule has 0 spiro atoms. The second-order valence-corrected chi connectivity index (χ2v) is 6.49. The molecule has 0 bridgehead atoms. The van der Waals surface area contributed by atoms with Crippen molar-refractivity contribution in [3.05, 3.63) is 96.0 Å². The standard InChI is InChI=1S/C23H18N2O4/c1-16(26)18-5-7-19(8-6-18)21-11-12-22(29-21)23(27)28-15-17-3-9-20(10-4-17)25-14-2-13-24-25/h2-14H,15H2,1H3. The fraction of sp³-hybridized carbons (Fsp3) is 0.0870. The summed E-state index contributed by atoms with van der Waals surface area (Å²) in [5.74, 6) is 0.130. The number of carbonyl (C=O) groups excluding carboxylic acids is 2. The summed E-state index contributed by atoms with van der Waals surface area (Å²) < 4.78 is 12.7. The van der Waals surface area contributed by atoms with Crippen molar-refractivity contribution in [2.24, 2.45) is 0 Å². The quantitative estimate of drug-likeness (QED) is 0.355. The van der Waals surface area contributed by atoms with Crippen molar-refractivity contribution in [1.82, 2.24) is 9.78 Å². The Kier molecular flexibility index (Phi) is 5.07. The molecule has 6 heteroatoms. The van der Waals surface area contributed by atoms with Crippen LogP contribution in [0.4, 0.5) is 0 Å². The van der Waals surface area contributed by atoms with Gasteiger partial charge in [-0.15, -0.1) is 0 Å². The maximum atomic E-state index is 12.3. The van der Waals surface area contributed by atoms with Crippen LogP contribution in [0.25, 0.3) is 17.0 Å². The molecule has 0 radical (unpaired) electrons. The lowest BCUT2D eigenvalue weighted by Crippen LogP contribution is -2.04. The summed E-state index contributed by atoms with van der Waals surface area (Å²) in [6, 6.07) is 19.7. The van der Waals surface area contributed by atoms with Gasteiger partial charge in [0.05, 0.1) is 5.69 Å². The van der Waals surface area contributed by atoms with Crippen LogP contribution < -0.4 is 0 Å².